The second kappa shape index (κ2) is 7.05. The van der Waals surface area contributed by atoms with Gasteiger partial charge < -0.3 is 30.1 Å². The summed E-state index contributed by atoms with van der Waals surface area (Å²) in [6.07, 6.45) is -6.47. The number of hydrogen-bond acceptors (Lipinski definition) is 7. The van der Waals surface area contributed by atoms with E-state index in [9.17, 15) is 24.9 Å². The van der Waals surface area contributed by atoms with E-state index < -0.39 is 36.7 Å². The zero-order chi connectivity index (χ0) is 17.1. The van der Waals surface area contributed by atoms with Crippen LogP contribution in [0.25, 0.3) is 0 Å². The highest BCUT2D eigenvalue weighted by Gasteiger charge is 2.43. The van der Waals surface area contributed by atoms with Gasteiger partial charge in [0.15, 0.2) is 0 Å². The van der Waals surface area contributed by atoms with Gasteiger partial charge in [-0.1, -0.05) is 0 Å². The molecule has 1 saturated heterocycles. The van der Waals surface area contributed by atoms with Gasteiger partial charge >= 0.3 is 5.97 Å². The van der Waals surface area contributed by atoms with Crippen molar-refractivity contribution in [2.24, 2.45) is 0 Å². The number of rotatable bonds is 3. The van der Waals surface area contributed by atoms with Gasteiger partial charge in [-0.25, -0.2) is 4.79 Å². The molecular formula is C15H19NO7. The van der Waals surface area contributed by atoms with E-state index in [1.807, 2.05) is 0 Å². The molecule has 5 atom stereocenters. The molecular weight excluding hydrogens is 306 g/mol. The molecule has 0 spiro atoms. The van der Waals surface area contributed by atoms with Crippen molar-refractivity contribution in [2.45, 2.75) is 44.6 Å². The molecule has 0 unspecified atom stereocenters. The molecule has 1 aromatic rings. The SMILES string of the molecule is CC(=O)Nc1ccc(C(=O)O[C@@H]2O[C@@H](C)[C@H](O)[C@@H](O)[C@H]2O)cc1. The topological polar surface area (TPSA) is 125 Å². The standard InChI is InChI=1S/C15H19NO7/c1-7-11(18)12(19)13(20)15(22-7)23-14(21)9-3-5-10(6-4-9)16-8(2)17/h3-7,11-13,15,18-20H,1-2H3,(H,16,17)/t7-,11-,12+,13+,15-/m0/s1. The largest absolute Gasteiger partial charge is 0.429 e. The Morgan fingerprint density at radius 1 is 1.09 bits per heavy atom. The van der Waals surface area contributed by atoms with Crippen molar-refractivity contribution in [3.63, 3.8) is 0 Å². The van der Waals surface area contributed by atoms with E-state index in [4.69, 9.17) is 9.47 Å². The third-order valence-electron chi connectivity index (χ3n) is 3.47. The third-order valence-corrected chi connectivity index (χ3v) is 3.47. The van der Waals surface area contributed by atoms with Gasteiger partial charge in [0.05, 0.1) is 11.7 Å². The maximum absolute atomic E-state index is 12.0. The second-order valence-corrected chi connectivity index (χ2v) is 5.35. The minimum Gasteiger partial charge on any atom is -0.429 e. The van der Waals surface area contributed by atoms with Gasteiger partial charge in [0.1, 0.15) is 18.3 Å². The number of esters is 1. The molecule has 1 aliphatic rings. The molecule has 0 aromatic heterocycles. The fraction of sp³-hybridized carbons (Fsp3) is 0.467. The van der Waals surface area contributed by atoms with E-state index in [0.29, 0.717) is 5.69 Å². The Kier molecular flexibility index (Phi) is 5.32. The molecule has 1 heterocycles. The molecule has 126 valence electrons. The van der Waals surface area contributed by atoms with Crippen LogP contribution >= 0.6 is 0 Å². The van der Waals surface area contributed by atoms with E-state index in [0.717, 1.165) is 0 Å². The molecule has 2 rings (SSSR count). The number of benzene rings is 1. The maximum atomic E-state index is 12.0. The highest BCUT2D eigenvalue weighted by molar-refractivity contribution is 5.92. The van der Waals surface area contributed by atoms with Gasteiger partial charge in [-0.05, 0) is 31.2 Å². The van der Waals surface area contributed by atoms with Crippen LogP contribution in [-0.2, 0) is 14.3 Å². The summed E-state index contributed by atoms with van der Waals surface area (Å²) in [5.41, 5.74) is 0.707. The lowest BCUT2D eigenvalue weighted by atomic mass is 10.00. The van der Waals surface area contributed by atoms with Crippen molar-refractivity contribution in [2.75, 3.05) is 5.32 Å². The highest BCUT2D eigenvalue weighted by Crippen LogP contribution is 2.23. The Balaban J connectivity index is 2.02. The summed E-state index contributed by atoms with van der Waals surface area (Å²) >= 11 is 0. The molecule has 0 aliphatic carbocycles. The Hall–Kier alpha value is -2.00. The molecule has 1 amide bonds. The summed E-state index contributed by atoms with van der Waals surface area (Å²) in [5.74, 6) is -1.00. The van der Waals surface area contributed by atoms with Gasteiger partial charge in [-0.15, -0.1) is 0 Å². The first-order chi connectivity index (χ1) is 10.8. The molecule has 1 fully saturated rings. The average Bonchev–Trinajstić information content (AvgIpc) is 2.50. The first kappa shape index (κ1) is 17.4. The predicted molar refractivity (Wildman–Crippen MR) is 78.5 cm³/mol. The zero-order valence-corrected chi connectivity index (χ0v) is 12.7. The molecule has 0 saturated carbocycles. The smallest absolute Gasteiger partial charge is 0.340 e. The van der Waals surface area contributed by atoms with Crippen LogP contribution in [0.15, 0.2) is 24.3 Å². The number of amides is 1. The van der Waals surface area contributed by atoms with Gasteiger partial charge in [-0.3, -0.25) is 4.79 Å². The summed E-state index contributed by atoms with van der Waals surface area (Å²) in [6, 6.07) is 5.93. The van der Waals surface area contributed by atoms with Crippen LogP contribution in [0.3, 0.4) is 0 Å². The van der Waals surface area contributed by atoms with Crippen LogP contribution in [0, 0.1) is 0 Å². The normalized spacial score (nSPS) is 30.6. The Morgan fingerprint density at radius 2 is 1.70 bits per heavy atom. The number of carbonyl (C=O) groups excluding carboxylic acids is 2. The third kappa shape index (κ3) is 4.05. The van der Waals surface area contributed by atoms with E-state index in [2.05, 4.69) is 5.32 Å². The van der Waals surface area contributed by atoms with Gasteiger partial charge in [0, 0.05) is 12.6 Å². The molecule has 23 heavy (non-hydrogen) atoms. The first-order valence-corrected chi connectivity index (χ1v) is 7.08. The number of hydrogen-bond donors (Lipinski definition) is 4. The number of nitrogens with one attached hydrogen (secondary N) is 1. The lowest BCUT2D eigenvalue weighted by molar-refractivity contribution is -0.276. The van der Waals surface area contributed by atoms with Crippen LogP contribution in [-0.4, -0.2) is 57.9 Å². The van der Waals surface area contributed by atoms with Crippen LogP contribution in [0.5, 0.6) is 0 Å². The fourth-order valence-electron chi connectivity index (χ4n) is 2.18. The quantitative estimate of drug-likeness (QED) is 0.559. The zero-order valence-electron chi connectivity index (χ0n) is 12.7. The van der Waals surface area contributed by atoms with Crippen LogP contribution < -0.4 is 5.32 Å². The van der Waals surface area contributed by atoms with Crippen LogP contribution in [0.2, 0.25) is 0 Å². The van der Waals surface area contributed by atoms with E-state index in [-0.39, 0.29) is 11.5 Å². The minimum absolute atomic E-state index is 0.183. The Morgan fingerprint density at radius 3 is 2.26 bits per heavy atom. The van der Waals surface area contributed by atoms with Gasteiger partial charge in [-0.2, -0.15) is 0 Å². The number of carbonyl (C=O) groups is 2. The van der Waals surface area contributed by atoms with Crippen molar-refractivity contribution < 1.29 is 34.4 Å². The maximum Gasteiger partial charge on any atom is 0.340 e. The van der Waals surface area contributed by atoms with Crippen molar-refractivity contribution >= 4 is 17.6 Å². The average molecular weight is 325 g/mol. The Bertz CT molecular complexity index is 574. The van der Waals surface area contributed by atoms with E-state index in [1.54, 1.807) is 0 Å². The number of ether oxygens (including phenoxy) is 2. The lowest BCUT2D eigenvalue weighted by Crippen LogP contribution is -2.57. The monoisotopic (exact) mass is 325 g/mol. The van der Waals surface area contributed by atoms with Gasteiger partial charge in [0.25, 0.3) is 0 Å². The summed E-state index contributed by atoms with van der Waals surface area (Å²) in [4.78, 5) is 23.0. The number of aliphatic hydroxyl groups is 3. The molecule has 1 aromatic carbocycles. The summed E-state index contributed by atoms with van der Waals surface area (Å²) < 4.78 is 10.2. The molecule has 8 nitrogen and oxygen atoms in total. The van der Waals surface area contributed by atoms with E-state index in [1.165, 1.54) is 38.1 Å². The molecule has 0 bridgehead atoms. The number of anilines is 1. The van der Waals surface area contributed by atoms with E-state index >= 15 is 0 Å². The molecule has 0 radical (unpaired) electrons. The van der Waals surface area contributed by atoms with Crippen molar-refractivity contribution in [1.82, 2.24) is 0 Å². The van der Waals surface area contributed by atoms with Crippen LogP contribution in [0.1, 0.15) is 24.2 Å². The van der Waals surface area contributed by atoms with Crippen LogP contribution in [0.4, 0.5) is 5.69 Å². The minimum atomic E-state index is -1.55. The Labute approximate surface area is 132 Å². The highest BCUT2D eigenvalue weighted by atomic mass is 16.7. The molecule has 4 N–H and O–H groups in total. The van der Waals surface area contributed by atoms with Gasteiger partial charge in [0.2, 0.25) is 12.2 Å². The molecule has 8 heteroatoms. The first-order valence-electron chi connectivity index (χ1n) is 7.08. The summed E-state index contributed by atoms with van der Waals surface area (Å²) in [6.45, 7) is 2.85. The second-order valence-electron chi connectivity index (χ2n) is 5.35. The van der Waals surface area contributed by atoms with Crippen molar-refractivity contribution in [3.05, 3.63) is 29.8 Å². The predicted octanol–water partition coefficient (Wildman–Crippen LogP) is -0.371. The lowest BCUT2D eigenvalue weighted by Gasteiger charge is -2.38. The fourth-order valence-corrected chi connectivity index (χ4v) is 2.18. The summed E-state index contributed by atoms with van der Waals surface area (Å²) in [5, 5.41) is 31.6. The number of aliphatic hydroxyl groups excluding tert-OH is 3. The van der Waals surface area contributed by atoms with Crippen molar-refractivity contribution in [1.29, 1.82) is 0 Å². The molecule has 1 aliphatic heterocycles. The van der Waals surface area contributed by atoms with Crippen molar-refractivity contribution in [3.8, 4) is 0 Å². The summed E-state index contributed by atoms with van der Waals surface area (Å²) in [7, 11) is 0.